The predicted octanol–water partition coefficient (Wildman–Crippen LogP) is 4.05. The van der Waals surface area contributed by atoms with E-state index in [0.717, 1.165) is 36.8 Å². The van der Waals surface area contributed by atoms with Crippen molar-refractivity contribution in [2.24, 2.45) is 0 Å². The Kier molecular flexibility index (Phi) is 8.86. The highest BCUT2D eigenvalue weighted by Gasteiger charge is 2.23. The minimum Gasteiger partial charge on any atom is -0.478 e. The average molecular weight is 458 g/mol. The lowest BCUT2D eigenvalue weighted by Crippen LogP contribution is -2.49. The number of carboxylic acids is 1. The number of carbonyl (C=O) groups is 3. The first-order valence-corrected chi connectivity index (χ1v) is 11.4. The number of hydrogen-bond donors (Lipinski definition) is 1. The van der Waals surface area contributed by atoms with Gasteiger partial charge in [0.1, 0.15) is 0 Å². The monoisotopic (exact) mass is 457 g/mol. The van der Waals surface area contributed by atoms with Gasteiger partial charge in [0.25, 0.3) is 0 Å². The molecule has 1 N–H and O–H groups in total. The molecule has 3 rings (SSSR count). The maximum Gasteiger partial charge on any atom is 0.412 e. The standard InChI is InChI=1S/C24H31N3O6/c1-2-3-4-5-6-7-22(28)32-17-33-24(31)27-12-10-26(11-13-27)20-9-8-18-14-19(23(29)30)16-25-21(18)15-20/h8-9,14-16H,2-7,10-13,17H2,1H3,(H,29,30). The Bertz CT molecular complexity index is 972. The molecule has 9 heteroatoms. The van der Waals surface area contributed by atoms with E-state index in [9.17, 15) is 14.4 Å². The second kappa shape index (κ2) is 12.0. The number of benzene rings is 1. The third-order valence-electron chi connectivity index (χ3n) is 5.70. The Morgan fingerprint density at radius 3 is 2.48 bits per heavy atom. The van der Waals surface area contributed by atoms with E-state index in [0.29, 0.717) is 38.1 Å². The molecule has 0 radical (unpaired) electrons. The molecule has 1 aromatic heterocycles. The van der Waals surface area contributed by atoms with Crippen LogP contribution in [-0.4, -0.2) is 66.0 Å². The molecule has 0 spiro atoms. The number of carbonyl (C=O) groups excluding carboxylic acids is 2. The minimum atomic E-state index is -1.01. The molecule has 1 fully saturated rings. The lowest BCUT2D eigenvalue weighted by atomic mass is 10.1. The van der Waals surface area contributed by atoms with E-state index in [1.54, 1.807) is 11.0 Å². The van der Waals surface area contributed by atoms with Gasteiger partial charge in [0, 0.05) is 49.9 Å². The number of aromatic nitrogens is 1. The highest BCUT2D eigenvalue weighted by atomic mass is 16.7. The summed E-state index contributed by atoms with van der Waals surface area (Å²) in [4.78, 5) is 43.0. The van der Waals surface area contributed by atoms with Crippen LogP contribution < -0.4 is 4.90 Å². The Morgan fingerprint density at radius 2 is 1.76 bits per heavy atom. The molecule has 1 saturated heterocycles. The molecule has 33 heavy (non-hydrogen) atoms. The normalized spacial score (nSPS) is 13.7. The van der Waals surface area contributed by atoms with E-state index in [-0.39, 0.29) is 18.3 Å². The predicted molar refractivity (Wildman–Crippen MR) is 123 cm³/mol. The molecule has 178 valence electrons. The smallest absolute Gasteiger partial charge is 0.412 e. The van der Waals surface area contributed by atoms with Crippen LogP contribution in [-0.2, 0) is 14.3 Å². The van der Waals surface area contributed by atoms with Gasteiger partial charge < -0.3 is 24.4 Å². The molecule has 1 aromatic carbocycles. The van der Waals surface area contributed by atoms with Gasteiger partial charge in [-0.05, 0) is 24.6 Å². The Hall–Kier alpha value is -3.36. The van der Waals surface area contributed by atoms with Gasteiger partial charge in [-0.1, -0.05) is 38.7 Å². The number of amides is 1. The zero-order valence-electron chi connectivity index (χ0n) is 19.0. The van der Waals surface area contributed by atoms with Crippen LogP contribution in [0.4, 0.5) is 10.5 Å². The number of pyridine rings is 1. The molecule has 2 heterocycles. The summed E-state index contributed by atoms with van der Waals surface area (Å²) in [6, 6.07) is 7.28. The van der Waals surface area contributed by atoms with E-state index >= 15 is 0 Å². The number of ether oxygens (including phenoxy) is 2. The number of esters is 1. The largest absolute Gasteiger partial charge is 0.478 e. The number of hydrogen-bond acceptors (Lipinski definition) is 7. The first-order valence-electron chi connectivity index (χ1n) is 11.4. The van der Waals surface area contributed by atoms with Gasteiger partial charge in [0.05, 0.1) is 11.1 Å². The molecule has 0 unspecified atom stereocenters. The first kappa shape index (κ1) is 24.3. The number of nitrogens with zero attached hydrogens (tertiary/aromatic N) is 3. The SMILES string of the molecule is CCCCCCCC(=O)OCOC(=O)N1CCN(c2ccc3cc(C(=O)O)cnc3c2)CC1. The Morgan fingerprint density at radius 1 is 1.00 bits per heavy atom. The number of fused-ring (bicyclic) bond motifs is 1. The van der Waals surface area contributed by atoms with E-state index in [4.69, 9.17) is 14.6 Å². The van der Waals surface area contributed by atoms with Crippen molar-refractivity contribution in [3.05, 3.63) is 36.0 Å². The van der Waals surface area contributed by atoms with Crippen LogP contribution in [0.3, 0.4) is 0 Å². The number of unbranched alkanes of at least 4 members (excludes halogenated alkanes) is 4. The van der Waals surface area contributed by atoms with Gasteiger partial charge in [-0.3, -0.25) is 9.78 Å². The summed E-state index contributed by atoms with van der Waals surface area (Å²) in [5, 5.41) is 9.86. The minimum absolute atomic E-state index is 0.153. The van der Waals surface area contributed by atoms with Crippen LogP contribution in [0, 0.1) is 0 Å². The molecule has 2 aromatic rings. The second-order valence-corrected chi connectivity index (χ2v) is 8.09. The number of rotatable bonds is 10. The van der Waals surface area contributed by atoms with Crippen molar-refractivity contribution in [3.63, 3.8) is 0 Å². The number of piperazine rings is 1. The molecular weight excluding hydrogens is 426 g/mol. The molecule has 0 bridgehead atoms. The van der Waals surface area contributed by atoms with Crippen molar-refractivity contribution in [1.29, 1.82) is 0 Å². The summed E-state index contributed by atoms with van der Waals surface area (Å²) in [6.45, 7) is 3.97. The fourth-order valence-electron chi connectivity index (χ4n) is 3.75. The molecule has 0 aliphatic carbocycles. The van der Waals surface area contributed by atoms with Gasteiger partial charge in [-0.25, -0.2) is 9.59 Å². The molecule has 9 nitrogen and oxygen atoms in total. The van der Waals surface area contributed by atoms with Crippen molar-refractivity contribution in [3.8, 4) is 0 Å². The molecule has 0 atom stereocenters. The van der Waals surface area contributed by atoms with E-state index in [1.807, 2.05) is 18.2 Å². The van der Waals surface area contributed by atoms with Crippen molar-refractivity contribution in [1.82, 2.24) is 9.88 Å². The quantitative estimate of drug-likeness (QED) is 0.323. The molecule has 1 aliphatic heterocycles. The van der Waals surface area contributed by atoms with Gasteiger partial charge in [-0.2, -0.15) is 0 Å². The third kappa shape index (κ3) is 7.06. The van der Waals surface area contributed by atoms with Crippen molar-refractivity contribution in [2.75, 3.05) is 37.9 Å². The summed E-state index contributed by atoms with van der Waals surface area (Å²) < 4.78 is 10.1. The zero-order valence-corrected chi connectivity index (χ0v) is 19.0. The lowest BCUT2D eigenvalue weighted by Gasteiger charge is -2.35. The maximum atomic E-state index is 12.3. The topological polar surface area (TPSA) is 109 Å². The number of aromatic carboxylic acids is 1. The molecule has 1 amide bonds. The van der Waals surface area contributed by atoms with Gasteiger partial charge in [0.2, 0.25) is 6.79 Å². The van der Waals surface area contributed by atoms with Crippen LogP contribution in [0.5, 0.6) is 0 Å². The first-order chi connectivity index (χ1) is 16.0. The second-order valence-electron chi connectivity index (χ2n) is 8.09. The van der Waals surface area contributed by atoms with Crippen molar-refractivity contribution < 1.29 is 29.0 Å². The summed E-state index contributed by atoms with van der Waals surface area (Å²) in [6.07, 6.45) is 6.44. The fraction of sp³-hybridized carbons (Fsp3) is 0.500. The van der Waals surface area contributed by atoms with Gasteiger partial charge in [0.15, 0.2) is 0 Å². The van der Waals surface area contributed by atoms with E-state index in [1.165, 1.54) is 12.6 Å². The van der Waals surface area contributed by atoms with Crippen LogP contribution in [0.15, 0.2) is 30.5 Å². The van der Waals surface area contributed by atoms with Crippen LogP contribution in [0.25, 0.3) is 10.9 Å². The van der Waals surface area contributed by atoms with Crippen LogP contribution in [0.1, 0.15) is 55.8 Å². The summed E-state index contributed by atoms with van der Waals surface area (Å²) in [5.74, 6) is -1.35. The average Bonchev–Trinajstić information content (AvgIpc) is 2.83. The van der Waals surface area contributed by atoms with Crippen LogP contribution >= 0.6 is 0 Å². The molecule has 0 saturated carbocycles. The summed E-state index contributed by atoms with van der Waals surface area (Å²) in [7, 11) is 0. The lowest BCUT2D eigenvalue weighted by molar-refractivity contribution is -0.152. The van der Waals surface area contributed by atoms with Gasteiger partial charge >= 0.3 is 18.0 Å². The Balaban J connectivity index is 1.40. The van der Waals surface area contributed by atoms with E-state index < -0.39 is 12.1 Å². The Labute approximate surface area is 193 Å². The third-order valence-corrected chi connectivity index (χ3v) is 5.70. The highest BCUT2D eigenvalue weighted by molar-refractivity contribution is 5.93. The summed E-state index contributed by atoms with van der Waals surface area (Å²) in [5.41, 5.74) is 1.82. The van der Waals surface area contributed by atoms with Crippen LogP contribution in [0.2, 0.25) is 0 Å². The number of anilines is 1. The maximum absolute atomic E-state index is 12.3. The molecule has 1 aliphatic rings. The van der Waals surface area contributed by atoms with E-state index in [2.05, 4.69) is 16.8 Å². The zero-order chi connectivity index (χ0) is 23.6. The van der Waals surface area contributed by atoms with Crippen molar-refractivity contribution >= 4 is 34.6 Å². The summed E-state index contributed by atoms with van der Waals surface area (Å²) >= 11 is 0. The molecular formula is C24H31N3O6. The highest BCUT2D eigenvalue weighted by Crippen LogP contribution is 2.23. The van der Waals surface area contributed by atoms with Gasteiger partial charge in [-0.15, -0.1) is 0 Å². The van der Waals surface area contributed by atoms with Crippen molar-refractivity contribution in [2.45, 2.75) is 45.4 Å². The fourth-order valence-corrected chi connectivity index (χ4v) is 3.75. The number of carboxylic acid groups (broad SMARTS) is 1.